The summed E-state index contributed by atoms with van der Waals surface area (Å²) in [6.07, 6.45) is 4.31. The van der Waals surface area contributed by atoms with Gasteiger partial charge in [0, 0.05) is 23.0 Å². The molecule has 0 saturated heterocycles. The lowest BCUT2D eigenvalue weighted by molar-refractivity contribution is 1.22. The van der Waals surface area contributed by atoms with Crippen LogP contribution >= 0.6 is 0 Å². The number of aromatic nitrogens is 1. The number of para-hydroxylation sites is 6. The summed E-state index contributed by atoms with van der Waals surface area (Å²) in [5.41, 5.74) is 10.6. The van der Waals surface area contributed by atoms with Crippen LogP contribution in [0.4, 0.5) is 34.1 Å². The maximum Gasteiger partial charge on any atom is 0.117 e. The zero-order valence-electron chi connectivity index (χ0n) is 23.9. The number of benzene rings is 5. The molecule has 0 unspecified atom stereocenters. The number of fused-ring (bicyclic) bond motifs is 2. The van der Waals surface area contributed by atoms with Crippen molar-refractivity contribution in [3.63, 3.8) is 0 Å². The Hall–Kier alpha value is -6.07. The lowest BCUT2D eigenvalue weighted by Crippen LogP contribution is -2.14. The summed E-state index contributed by atoms with van der Waals surface area (Å²) < 4.78 is 0. The first-order valence-corrected chi connectivity index (χ1v) is 14.7. The average Bonchev–Trinajstić information content (AvgIpc) is 3.63. The molecule has 2 N–H and O–H groups in total. The molecular formula is C39H29N5. The van der Waals surface area contributed by atoms with Crippen LogP contribution in [0.2, 0.25) is 0 Å². The zero-order chi connectivity index (χ0) is 29.3. The molecule has 1 aromatic heterocycles. The fourth-order valence-electron chi connectivity index (χ4n) is 5.89. The van der Waals surface area contributed by atoms with Crippen LogP contribution in [0.3, 0.4) is 0 Å². The van der Waals surface area contributed by atoms with Crippen LogP contribution in [0.25, 0.3) is 23.4 Å². The molecule has 0 amide bonds. The molecule has 0 fully saturated rings. The molecular weight excluding hydrogens is 538 g/mol. The number of hydrogen-bond acceptors (Lipinski definition) is 5. The van der Waals surface area contributed by atoms with Gasteiger partial charge in [-0.25, -0.2) is 4.98 Å². The van der Waals surface area contributed by atoms with Crippen LogP contribution in [0.5, 0.6) is 0 Å². The van der Waals surface area contributed by atoms with E-state index in [0.717, 1.165) is 68.3 Å². The van der Waals surface area contributed by atoms with E-state index in [4.69, 9.17) is 4.98 Å². The monoisotopic (exact) mass is 567 g/mol. The highest BCUT2D eigenvalue weighted by molar-refractivity contribution is 5.91. The van der Waals surface area contributed by atoms with Crippen LogP contribution in [-0.2, 0) is 0 Å². The number of nitrogens with one attached hydrogen (secondary N) is 2. The number of pyridine rings is 1. The summed E-state index contributed by atoms with van der Waals surface area (Å²) in [6, 6.07) is 52.4. The molecule has 8 rings (SSSR count). The molecule has 5 heteroatoms. The van der Waals surface area contributed by atoms with Crippen molar-refractivity contribution >= 4 is 46.3 Å². The highest BCUT2D eigenvalue weighted by Crippen LogP contribution is 2.43. The lowest BCUT2D eigenvalue weighted by atomic mass is 10.1. The molecule has 5 aromatic carbocycles. The van der Waals surface area contributed by atoms with Gasteiger partial charge in [-0.1, -0.05) is 84.9 Å². The molecule has 0 bridgehead atoms. The third-order valence-corrected chi connectivity index (χ3v) is 7.87. The van der Waals surface area contributed by atoms with E-state index in [1.165, 1.54) is 0 Å². The highest BCUT2D eigenvalue weighted by Gasteiger charge is 2.26. The van der Waals surface area contributed by atoms with E-state index in [1.54, 1.807) is 0 Å². The van der Waals surface area contributed by atoms with Gasteiger partial charge >= 0.3 is 0 Å². The molecule has 3 heterocycles. The molecule has 6 aromatic rings. The van der Waals surface area contributed by atoms with E-state index < -0.39 is 0 Å². The van der Waals surface area contributed by atoms with Crippen molar-refractivity contribution in [3.05, 3.63) is 175 Å². The second-order valence-electron chi connectivity index (χ2n) is 10.8. The minimum absolute atomic E-state index is 0.880. The fraction of sp³-hybridized carbons (Fsp3) is 0. The van der Waals surface area contributed by atoms with Gasteiger partial charge in [-0.3, -0.25) is 9.80 Å². The Kier molecular flexibility index (Phi) is 6.39. The van der Waals surface area contributed by atoms with Crippen molar-refractivity contribution in [2.45, 2.75) is 0 Å². The summed E-state index contributed by atoms with van der Waals surface area (Å²) in [7, 11) is 0. The number of rotatable bonds is 5. The molecule has 5 nitrogen and oxygen atoms in total. The van der Waals surface area contributed by atoms with Crippen molar-refractivity contribution in [2.75, 3.05) is 20.4 Å². The van der Waals surface area contributed by atoms with Crippen molar-refractivity contribution < 1.29 is 0 Å². The Morgan fingerprint density at radius 2 is 1.02 bits per heavy atom. The smallest absolute Gasteiger partial charge is 0.117 e. The summed E-state index contributed by atoms with van der Waals surface area (Å²) in [5, 5.41) is 7.21. The number of anilines is 6. The van der Waals surface area contributed by atoms with Gasteiger partial charge in [-0.05, 0) is 78.4 Å². The summed E-state index contributed by atoms with van der Waals surface area (Å²) in [6.45, 7) is 0. The topological polar surface area (TPSA) is 43.4 Å². The normalized spacial score (nSPS) is 15.2. The first-order valence-electron chi connectivity index (χ1n) is 14.7. The first-order chi connectivity index (χ1) is 21.8. The van der Waals surface area contributed by atoms with Gasteiger partial charge in [0.05, 0.1) is 34.1 Å². The van der Waals surface area contributed by atoms with Crippen LogP contribution in [0.1, 0.15) is 11.3 Å². The van der Waals surface area contributed by atoms with Crippen LogP contribution < -0.4 is 20.4 Å². The summed E-state index contributed by atoms with van der Waals surface area (Å²) in [5.74, 6) is 1.97. The molecule has 0 spiro atoms. The largest absolute Gasteiger partial charge is 0.340 e. The minimum atomic E-state index is 0.880. The fourth-order valence-corrected chi connectivity index (χ4v) is 5.89. The summed E-state index contributed by atoms with van der Waals surface area (Å²) in [4.78, 5) is 9.58. The minimum Gasteiger partial charge on any atom is -0.340 e. The predicted molar refractivity (Wildman–Crippen MR) is 183 cm³/mol. The molecule has 210 valence electrons. The standard InChI is InChI=1S/C39H29N5/c1-3-16-31(17-4-1)43-36-23-9-7-20-34(36)41-38(43)26-28-13-11-14-29(25-28)33-22-12-15-30(40-33)27-39-42-35-21-8-10-24-37(35)44(39)32-18-5-2-6-19-32/h1-27,41-42H. The predicted octanol–water partition coefficient (Wildman–Crippen LogP) is 9.87. The van der Waals surface area contributed by atoms with Crippen molar-refractivity contribution in [3.8, 4) is 11.3 Å². The molecule has 2 aliphatic heterocycles. The van der Waals surface area contributed by atoms with E-state index in [0.29, 0.717) is 0 Å². The lowest BCUT2D eigenvalue weighted by Gasteiger charge is -2.20. The van der Waals surface area contributed by atoms with Crippen molar-refractivity contribution in [2.24, 2.45) is 0 Å². The molecule has 0 aliphatic carbocycles. The average molecular weight is 568 g/mol. The molecule has 0 atom stereocenters. The van der Waals surface area contributed by atoms with Gasteiger partial charge in [0.25, 0.3) is 0 Å². The Morgan fingerprint density at radius 3 is 1.66 bits per heavy atom. The van der Waals surface area contributed by atoms with E-state index >= 15 is 0 Å². The highest BCUT2D eigenvalue weighted by atomic mass is 15.3. The van der Waals surface area contributed by atoms with Gasteiger partial charge < -0.3 is 10.6 Å². The third-order valence-electron chi connectivity index (χ3n) is 7.87. The SMILES string of the molecule is C(=C1Nc2ccccc2N1c1ccccc1)c1cccc(-c2cccc(C=C3Nc4ccccc4N3c3ccccc3)n2)c1. The quantitative estimate of drug-likeness (QED) is 0.217. The third kappa shape index (κ3) is 4.76. The van der Waals surface area contributed by atoms with E-state index in [9.17, 15) is 0 Å². The molecule has 0 radical (unpaired) electrons. The first kappa shape index (κ1) is 25.6. The Bertz CT molecular complexity index is 1880. The number of nitrogens with zero attached hydrogens (tertiary/aromatic N) is 3. The van der Waals surface area contributed by atoms with Crippen molar-refractivity contribution in [1.29, 1.82) is 0 Å². The van der Waals surface area contributed by atoms with Crippen LogP contribution in [0.15, 0.2) is 163 Å². The van der Waals surface area contributed by atoms with Gasteiger partial charge in [0.1, 0.15) is 11.6 Å². The van der Waals surface area contributed by atoms with Gasteiger partial charge in [-0.15, -0.1) is 0 Å². The molecule has 2 aliphatic rings. The number of hydrogen-bond donors (Lipinski definition) is 2. The van der Waals surface area contributed by atoms with Gasteiger partial charge in [0.2, 0.25) is 0 Å². The molecule has 44 heavy (non-hydrogen) atoms. The Balaban J connectivity index is 1.13. The summed E-state index contributed by atoms with van der Waals surface area (Å²) >= 11 is 0. The van der Waals surface area contributed by atoms with Gasteiger partial charge in [-0.2, -0.15) is 0 Å². The maximum absolute atomic E-state index is 5.08. The van der Waals surface area contributed by atoms with E-state index in [2.05, 4.69) is 166 Å². The second-order valence-corrected chi connectivity index (χ2v) is 10.8. The van der Waals surface area contributed by atoms with Crippen LogP contribution in [0, 0.1) is 0 Å². The second kappa shape index (κ2) is 11.0. The maximum atomic E-state index is 5.08. The van der Waals surface area contributed by atoms with E-state index in [-0.39, 0.29) is 0 Å². The van der Waals surface area contributed by atoms with Crippen LogP contribution in [-0.4, -0.2) is 4.98 Å². The van der Waals surface area contributed by atoms with Gasteiger partial charge in [0.15, 0.2) is 0 Å². The Labute approximate surface area is 257 Å². The van der Waals surface area contributed by atoms with Crippen molar-refractivity contribution in [1.82, 2.24) is 4.98 Å². The molecule has 0 saturated carbocycles. The van der Waals surface area contributed by atoms with E-state index in [1.807, 2.05) is 18.2 Å². The Morgan fingerprint density at radius 1 is 0.477 bits per heavy atom. The zero-order valence-corrected chi connectivity index (χ0v) is 23.9.